The number of carbonyl (C=O) groups excluding carboxylic acids is 1. The average Bonchev–Trinajstić information content (AvgIpc) is 2.75. The number of hydrogen-bond donors (Lipinski definition) is 3. The Morgan fingerprint density at radius 3 is 2.42 bits per heavy atom. The van der Waals surface area contributed by atoms with E-state index in [2.05, 4.69) is 40.0 Å². The minimum atomic E-state index is -0.126. The quantitative estimate of drug-likeness (QED) is 0.549. The number of amides is 1. The molecule has 0 spiro atoms. The van der Waals surface area contributed by atoms with Crippen LogP contribution in [0, 0.1) is 5.92 Å². The topological polar surface area (TPSA) is 78.9 Å². The van der Waals surface area contributed by atoms with E-state index in [1.807, 2.05) is 6.26 Å². The van der Waals surface area contributed by atoms with Gasteiger partial charge in [-0.1, -0.05) is 11.8 Å². The minimum Gasteiger partial charge on any atom is -0.352 e. The number of nitrogens with zero attached hydrogens (tertiary/aromatic N) is 2. The van der Waals surface area contributed by atoms with Crippen molar-refractivity contribution in [2.24, 2.45) is 5.92 Å². The molecule has 3 N–H and O–H groups in total. The molecule has 2 heterocycles. The fourth-order valence-corrected chi connectivity index (χ4v) is 2.43. The summed E-state index contributed by atoms with van der Waals surface area (Å²) in [6.07, 6.45) is 5.02. The van der Waals surface area contributed by atoms with Crippen LogP contribution in [-0.2, 0) is 0 Å². The van der Waals surface area contributed by atoms with Gasteiger partial charge in [0.15, 0.2) is 5.16 Å². The van der Waals surface area contributed by atoms with Crippen LogP contribution < -0.4 is 16.2 Å². The third-order valence-electron chi connectivity index (χ3n) is 3.39. The molecule has 1 saturated heterocycles. The highest BCUT2D eigenvalue weighted by Gasteiger charge is 2.29. The lowest BCUT2D eigenvalue weighted by atomic mass is 9.97. The highest BCUT2D eigenvalue weighted by molar-refractivity contribution is 7.98. The smallest absolute Gasteiger partial charge is 0.254 e. The van der Waals surface area contributed by atoms with E-state index in [9.17, 15) is 4.79 Å². The molecule has 1 amide bonds. The molecule has 2 rings (SSSR count). The summed E-state index contributed by atoms with van der Waals surface area (Å²) in [5.74, 6) is 0.245. The Bertz CT molecular complexity index is 428. The molecule has 1 aliphatic rings. The molecule has 0 aromatic carbocycles. The first-order valence-electron chi connectivity index (χ1n) is 6.27. The van der Waals surface area contributed by atoms with Gasteiger partial charge >= 0.3 is 0 Å². The van der Waals surface area contributed by atoms with Gasteiger partial charge in [0.05, 0.1) is 5.56 Å². The summed E-state index contributed by atoms with van der Waals surface area (Å²) in [6.45, 7) is 4.83. The van der Waals surface area contributed by atoms with Crippen LogP contribution in [0.2, 0.25) is 0 Å². The van der Waals surface area contributed by atoms with Crippen LogP contribution >= 0.6 is 11.8 Å². The molecule has 1 fully saturated rings. The van der Waals surface area contributed by atoms with E-state index < -0.39 is 0 Å². The third-order valence-corrected chi connectivity index (χ3v) is 3.97. The van der Waals surface area contributed by atoms with Crippen LogP contribution in [0.3, 0.4) is 0 Å². The van der Waals surface area contributed by atoms with Gasteiger partial charge in [0.2, 0.25) is 0 Å². The van der Waals surface area contributed by atoms with Gasteiger partial charge in [-0.25, -0.2) is 9.97 Å². The number of hydrogen-bond acceptors (Lipinski definition) is 6. The molecule has 1 aromatic heterocycles. The van der Waals surface area contributed by atoms with Crippen LogP contribution in [-0.4, -0.2) is 40.8 Å². The third kappa shape index (κ3) is 3.43. The summed E-state index contributed by atoms with van der Waals surface area (Å²) < 4.78 is 0. The van der Waals surface area contributed by atoms with Gasteiger partial charge in [-0.3, -0.25) is 15.6 Å². The Hall–Kier alpha value is -1.18. The molecule has 6 nitrogen and oxygen atoms in total. The van der Waals surface area contributed by atoms with Gasteiger partial charge in [0.1, 0.15) is 0 Å². The molecule has 0 saturated carbocycles. The number of nitrogens with one attached hydrogen (secondary N) is 3. The van der Waals surface area contributed by atoms with E-state index in [1.165, 1.54) is 11.8 Å². The summed E-state index contributed by atoms with van der Waals surface area (Å²) in [5.41, 5.74) is 6.84. The van der Waals surface area contributed by atoms with Gasteiger partial charge in [-0.2, -0.15) is 0 Å². The molecule has 0 radical (unpaired) electrons. The molecular formula is C12H19N5OS. The molecule has 19 heavy (non-hydrogen) atoms. The Labute approximate surface area is 117 Å². The zero-order valence-electron chi connectivity index (χ0n) is 11.3. The molecule has 1 aromatic rings. The maximum absolute atomic E-state index is 12.0. The average molecular weight is 281 g/mol. The summed E-state index contributed by atoms with van der Waals surface area (Å²) in [6, 6.07) is 0.677. The van der Waals surface area contributed by atoms with E-state index in [-0.39, 0.29) is 5.91 Å². The van der Waals surface area contributed by atoms with Crippen molar-refractivity contribution in [3.05, 3.63) is 18.0 Å². The number of rotatable bonds is 4. The van der Waals surface area contributed by atoms with Crippen LogP contribution in [0.5, 0.6) is 0 Å². The molecule has 104 valence electrons. The summed E-state index contributed by atoms with van der Waals surface area (Å²) in [7, 11) is 0. The van der Waals surface area contributed by atoms with Gasteiger partial charge in [0.25, 0.3) is 5.91 Å². The van der Waals surface area contributed by atoms with Crippen molar-refractivity contribution in [1.82, 2.24) is 26.1 Å². The predicted octanol–water partition coefficient (Wildman–Crippen LogP) is 0.429. The molecule has 7 heteroatoms. The van der Waals surface area contributed by atoms with Crippen LogP contribution in [0.25, 0.3) is 0 Å². The molecular weight excluding hydrogens is 262 g/mol. The Morgan fingerprint density at radius 2 is 1.89 bits per heavy atom. The van der Waals surface area contributed by atoms with Crippen LogP contribution in [0.1, 0.15) is 24.2 Å². The number of thioether (sulfide) groups is 1. The first-order valence-corrected chi connectivity index (χ1v) is 7.49. The summed E-state index contributed by atoms with van der Waals surface area (Å²) in [5, 5.41) is 3.60. The fraction of sp³-hybridized carbons (Fsp3) is 0.583. The second-order valence-corrected chi connectivity index (χ2v) is 5.47. The van der Waals surface area contributed by atoms with Gasteiger partial charge in [0, 0.05) is 36.9 Å². The van der Waals surface area contributed by atoms with E-state index in [4.69, 9.17) is 0 Å². The molecule has 2 atom stereocenters. The number of carbonyl (C=O) groups is 1. The highest BCUT2D eigenvalue weighted by atomic mass is 32.2. The second kappa shape index (κ2) is 6.31. The van der Waals surface area contributed by atoms with Crippen LogP contribution in [0.4, 0.5) is 0 Å². The SMILES string of the molecule is CSc1ncc(C(=O)NCC2C(C)NNC2C)cn1. The van der Waals surface area contributed by atoms with Gasteiger partial charge in [-0.05, 0) is 20.1 Å². The first kappa shape index (κ1) is 14.2. The first-order chi connectivity index (χ1) is 9.11. The Balaban J connectivity index is 1.90. The summed E-state index contributed by atoms with van der Waals surface area (Å²) >= 11 is 1.45. The summed E-state index contributed by atoms with van der Waals surface area (Å²) in [4.78, 5) is 20.2. The molecule has 0 aliphatic carbocycles. The van der Waals surface area contributed by atoms with E-state index in [0.29, 0.717) is 35.3 Å². The monoisotopic (exact) mass is 281 g/mol. The molecule has 0 bridgehead atoms. The van der Waals surface area contributed by atoms with Gasteiger partial charge < -0.3 is 5.32 Å². The fourth-order valence-electron chi connectivity index (χ4n) is 2.12. The predicted molar refractivity (Wildman–Crippen MR) is 74.8 cm³/mol. The number of hydrazine groups is 1. The molecule has 1 aliphatic heterocycles. The zero-order valence-corrected chi connectivity index (χ0v) is 12.1. The number of aromatic nitrogens is 2. The Kier molecular flexibility index (Phi) is 4.73. The van der Waals surface area contributed by atoms with E-state index >= 15 is 0 Å². The van der Waals surface area contributed by atoms with Crippen LogP contribution in [0.15, 0.2) is 17.6 Å². The zero-order chi connectivity index (χ0) is 13.8. The van der Waals surface area contributed by atoms with Crippen molar-refractivity contribution >= 4 is 17.7 Å². The van der Waals surface area contributed by atoms with Crippen molar-refractivity contribution in [3.8, 4) is 0 Å². The van der Waals surface area contributed by atoms with Crippen molar-refractivity contribution < 1.29 is 4.79 Å². The van der Waals surface area contributed by atoms with Crippen molar-refractivity contribution in [3.63, 3.8) is 0 Å². The van der Waals surface area contributed by atoms with Crippen molar-refractivity contribution in [2.45, 2.75) is 31.1 Å². The normalized spacial score (nSPS) is 26.4. The minimum absolute atomic E-state index is 0.126. The van der Waals surface area contributed by atoms with Crippen molar-refractivity contribution in [1.29, 1.82) is 0 Å². The lowest BCUT2D eigenvalue weighted by Crippen LogP contribution is -2.37. The van der Waals surface area contributed by atoms with E-state index in [1.54, 1.807) is 12.4 Å². The maximum Gasteiger partial charge on any atom is 0.254 e. The van der Waals surface area contributed by atoms with Crippen molar-refractivity contribution in [2.75, 3.05) is 12.8 Å². The van der Waals surface area contributed by atoms with E-state index in [0.717, 1.165) is 0 Å². The maximum atomic E-state index is 12.0. The largest absolute Gasteiger partial charge is 0.352 e. The second-order valence-electron chi connectivity index (χ2n) is 4.70. The Morgan fingerprint density at radius 1 is 1.32 bits per heavy atom. The highest BCUT2D eigenvalue weighted by Crippen LogP contribution is 2.13. The lowest BCUT2D eigenvalue weighted by Gasteiger charge is -2.18. The molecule has 2 unspecified atom stereocenters. The standard InChI is InChI=1S/C12H19N5OS/c1-7-10(8(2)17-16-7)6-13-11(18)9-4-14-12(19-3)15-5-9/h4-5,7-8,10,16-17H,6H2,1-3H3,(H,13,18). The van der Waals surface area contributed by atoms with Gasteiger partial charge in [-0.15, -0.1) is 0 Å². The lowest BCUT2D eigenvalue weighted by molar-refractivity contribution is 0.0944.